The number of nitrogens with zero attached hydrogens (tertiary/aromatic N) is 2. The van der Waals surface area contributed by atoms with Crippen LogP contribution in [0.25, 0.3) is 11.3 Å². The molecule has 0 amide bonds. The van der Waals surface area contributed by atoms with Crippen LogP contribution < -0.4 is 5.73 Å². The zero-order chi connectivity index (χ0) is 18.7. The first-order valence-corrected chi connectivity index (χ1v) is 8.51. The molecule has 7 heteroatoms. The summed E-state index contributed by atoms with van der Waals surface area (Å²) in [5.74, 6) is -0.667. The van der Waals surface area contributed by atoms with E-state index >= 15 is 0 Å². The molecule has 0 radical (unpaired) electrons. The van der Waals surface area contributed by atoms with Gasteiger partial charge in [-0.25, -0.2) is 9.78 Å². The highest BCUT2D eigenvalue weighted by Crippen LogP contribution is 2.30. The second-order valence-electron chi connectivity index (χ2n) is 5.62. The molecular weight excluding hydrogens is 373 g/mol. The summed E-state index contributed by atoms with van der Waals surface area (Å²) < 4.78 is 5.26. The largest absolute Gasteiger partial charge is 0.454 e. The van der Waals surface area contributed by atoms with Gasteiger partial charge in [0.2, 0.25) is 0 Å². The minimum absolute atomic E-state index is 0.0157. The van der Waals surface area contributed by atoms with E-state index in [4.69, 9.17) is 33.7 Å². The van der Waals surface area contributed by atoms with Crippen molar-refractivity contribution in [3.05, 3.63) is 75.7 Å². The van der Waals surface area contributed by atoms with E-state index in [0.29, 0.717) is 16.4 Å². The molecule has 2 N–H and O–H groups in total. The maximum atomic E-state index is 12.4. The highest BCUT2D eigenvalue weighted by atomic mass is 35.5. The summed E-state index contributed by atoms with van der Waals surface area (Å²) in [5, 5.41) is 0.705. The summed E-state index contributed by atoms with van der Waals surface area (Å²) in [6.07, 6.45) is 1.62. The van der Waals surface area contributed by atoms with Gasteiger partial charge in [0.05, 0.1) is 22.1 Å². The van der Waals surface area contributed by atoms with Crippen LogP contribution in [-0.2, 0) is 11.3 Å². The Kier molecular flexibility index (Phi) is 5.40. The fourth-order valence-electron chi connectivity index (χ4n) is 2.33. The van der Waals surface area contributed by atoms with Gasteiger partial charge in [-0.1, -0.05) is 35.3 Å². The zero-order valence-electron chi connectivity index (χ0n) is 13.9. The van der Waals surface area contributed by atoms with Crippen molar-refractivity contribution in [2.75, 3.05) is 5.73 Å². The van der Waals surface area contributed by atoms with Gasteiger partial charge in [-0.2, -0.15) is 0 Å². The number of benzene rings is 1. The van der Waals surface area contributed by atoms with Crippen molar-refractivity contribution in [1.82, 2.24) is 9.97 Å². The molecule has 132 valence electrons. The molecule has 0 aliphatic carbocycles. The lowest BCUT2D eigenvalue weighted by Gasteiger charge is -2.10. The zero-order valence-corrected chi connectivity index (χ0v) is 15.4. The highest BCUT2D eigenvalue weighted by molar-refractivity contribution is 6.35. The maximum absolute atomic E-state index is 12.4. The van der Waals surface area contributed by atoms with Gasteiger partial charge in [0.15, 0.2) is 5.69 Å². The fraction of sp³-hybridized carbons (Fsp3) is 0.105. The number of halogens is 2. The number of nitrogen functional groups attached to an aromatic ring is 1. The molecule has 5 nitrogen and oxygen atoms in total. The normalized spacial score (nSPS) is 10.6. The molecule has 0 bridgehead atoms. The number of pyridine rings is 2. The van der Waals surface area contributed by atoms with Crippen molar-refractivity contribution in [2.24, 2.45) is 0 Å². The lowest BCUT2D eigenvalue weighted by molar-refractivity contribution is 0.0461. The second kappa shape index (κ2) is 7.72. The van der Waals surface area contributed by atoms with Gasteiger partial charge in [0.1, 0.15) is 6.61 Å². The average Bonchev–Trinajstić information content (AvgIpc) is 2.65. The van der Waals surface area contributed by atoms with E-state index < -0.39 is 5.97 Å². The Morgan fingerprint density at radius 1 is 1.19 bits per heavy atom. The lowest BCUT2D eigenvalue weighted by atomic mass is 10.1. The number of carbonyl (C=O) groups is 1. The van der Waals surface area contributed by atoms with E-state index in [1.54, 1.807) is 36.5 Å². The molecule has 0 unspecified atom stereocenters. The second-order valence-corrected chi connectivity index (χ2v) is 6.41. The third-order valence-electron chi connectivity index (χ3n) is 3.71. The van der Waals surface area contributed by atoms with E-state index in [0.717, 1.165) is 11.1 Å². The van der Waals surface area contributed by atoms with Crippen LogP contribution in [-0.4, -0.2) is 15.9 Å². The van der Waals surface area contributed by atoms with Gasteiger partial charge >= 0.3 is 5.97 Å². The van der Waals surface area contributed by atoms with Gasteiger partial charge in [-0.05, 0) is 42.8 Å². The first-order chi connectivity index (χ1) is 12.5. The van der Waals surface area contributed by atoms with Crippen LogP contribution in [0.3, 0.4) is 0 Å². The van der Waals surface area contributed by atoms with E-state index in [-0.39, 0.29) is 23.0 Å². The van der Waals surface area contributed by atoms with Gasteiger partial charge in [-0.15, -0.1) is 0 Å². The molecular formula is C19H15Cl2N3O2. The van der Waals surface area contributed by atoms with E-state index in [2.05, 4.69) is 9.97 Å². The van der Waals surface area contributed by atoms with E-state index in [1.165, 1.54) is 0 Å². The van der Waals surface area contributed by atoms with Crippen molar-refractivity contribution in [2.45, 2.75) is 13.5 Å². The molecule has 0 saturated heterocycles. The molecule has 0 saturated carbocycles. The SMILES string of the molecule is Cc1cc(-c2cc(N)c(Cl)c(C(=O)OCc3ccccn3)n2)ccc1Cl. The average molecular weight is 388 g/mol. The molecule has 26 heavy (non-hydrogen) atoms. The highest BCUT2D eigenvalue weighted by Gasteiger charge is 2.19. The number of hydrogen-bond donors (Lipinski definition) is 1. The van der Waals surface area contributed by atoms with Crippen LogP contribution in [0.1, 0.15) is 21.7 Å². The Hall–Kier alpha value is -2.63. The number of anilines is 1. The fourth-order valence-corrected chi connectivity index (χ4v) is 2.62. The summed E-state index contributed by atoms with van der Waals surface area (Å²) >= 11 is 12.2. The number of rotatable bonds is 4. The van der Waals surface area contributed by atoms with E-state index in [1.807, 2.05) is 19.1 Å². The number of ether oxygens (including phenoxy) is 1. The van der Waals surface area contributed by atoms with Crippen LogP contribution >= 0.6 is 23.2 Å². The molecule has 2 heterocycles. The number of hydrogen-bond acceptors (Lipinski definition) is 5. The molecule has 0 aliphatic heterocycles. The molecule has 0 fully saturated rings. The van der Waals surface area contributed by atoms with Crippen molar-refractivity contribution < 1.29 is 9.53 Å². The van der Waals surface area contributed by atoms with Gasteiger partial charge in [0.25, 0.3) is 0 Å². The molecule has 0 atom stereocenters. The van der Waals surface area contributed by atoms with Gasteiger partial charge in [-0.3, -0.25) is 4.98 Å². The Morgan fingerprint density at radius 3 is 2.69 bits per heavy atom. The molecule has 3 aromatic rings. The smallest absolute Gasteiger partial charge is 0.358 e. The van der Waals surface area contributed by atoms with Crippen molar-refractivity contribution in [1.29, 1.82) is 0 Å². The summed E-state index contributed by atoms with van der Waals surface area (Å²) in [5.41, 5.74) is 8.95. The number of esters is 1. The van der Waals surface area contributed by atoms with Crippen LogP contribution in [0.5, 0.6) is 0 Å². The van der Waals surface area contributed by atoms with Gasteiger partial charge < -0.3 is 10.5 Å². The van der Waals surface area contributed by atoms with Crippen molar-refractivity contribution in [3.63, 3.8) is 0 Å². The van der Waals surface area contributed by atoms with Gasteiger partial charge in [0, 0.05) is 16.8 Å². The van der Waals surface area contributed by atoms with Crippen LogP contribution in [0, 0.1) is 6.92 Å². The minimum Gasteiger partial charge on any atom is -0.454 e. The molecule has 0 aliphatic rings. The predicted octanol–water partition coefficient (Wildman–Crippen LogP) is 4.70. The van der Waals surface area contributed by atoms with Crippen LogP contribution in [0.4, 0.5) is 5.69 Å². The summed E-state index contributed by atoms with van der Waals surface area (Å²) in [6.45, 7) is 1.90. The standard InChI is InChI=1S/C19H15Cl2N3O2/c1-11-8-12(5-6-14(11)20)16-9-15(22)17(21)18(24-16)19(25)26-10-13-4-2-3-7-23-13/h2-9H,10H2,1H3,(H2,22,24). The number of nitrogens with two attached hydrogens (primary N) is 1. The molecule has 2 aromatic heterocycles. The molecule has 0 spiro atoms. The third kappa shape index (κ3) is 3.95. The van der Waals surface area contributed by atoms with Crippen LogP contribution in [0.15, 0.2) is 48.7 Å². The first-order valence-electron chi connectivity index (χ1n) is 7.75. The summed E-state index contributed by atoms with van der Waals surface area (Å²) in [4.78, 5) is 20.9. The monoisotopic (exact) mass is 387 g/mol. The number of aromatic nitrogens is 2. The van der Waals surface area contributed by atoms with Crippen molar-refractivity contribution >= 4 is 34.9 Å². The Labute approximate surface area is 160 Å². The third-order valence-corrected chi connectivity index (χ3v) is 4.53. The summed E-state index contributed by atoms with van der Waals surface area (Å²) in [7, 11) is 0. The number of aryl methyl sites for hydroxylation is 1. The lowest BCUT2D eigenvalue weighted by Crippen LogP contribution is -2.11. The van der Waals surface area contributed by atoms with Crippen molar-refractivity contribution in [3.8, 4) is 11.3 Å². The van der Waals surface area contributed by atoms with Crippen LogP contribution in [0.2, 0.25) is 10.0 Å². The minimum atomic E-state index is -0.667. The number of carbonyl (C=O) groups excluding carboxylic acids is 1. The predicted molar refractivity (Wildman–Crippen MR) is 102 cm³/mol. The maximum Gasteiger partial charge on any atom is 0.358 e. The Morgan fingerprint density at radius 2 is 2.00 bits per heavy atom. The molecule has 1 aromatic carbocycles. The summed E-state index contributed by atoms with van der Waals surface area (Å²) in [6, 6.07) is 12.4. The Bertz CT molecular complexity index is 962. The Balaban J connectivity index is 1.90. The molecule has 3 rings (SSSR count). The first kappa shape index (κ1) is 18.2. The van der Waals surface area contributed by atoms with E-state index in [9.17, 15) is 4.79 Å². The quantitative estimate of drug-likeness (QED) is 0.656. The topological polar surface area (TPSA) is 78.1 Å².